The van der Waals surface area contributed by atoms with Crippen molar-refractivity contribution in [2.45, 2.75) is 6.92 Å². The van der Waals surface area contributed by atoms with Crippen LogP contribution >= 0.6 is 23.8 Å². The van der Waals surface area contributed by atoms with Crippen molar-refractivity contribution in [3.05, 3.63) is 58.6 Å². The van der Waals surface area contributed by atoms with E-state index in [-0.39, 0.29) is 0 Å². The van der Waals surface area contributed by atoms with E-state index in [1.807, 2.05) is 37.3 Å². The molecular weight excluding hydrogens is 266 g/mol. The Morgan fingerprint density at radius 3 is 2.39 bits per heavy atom. The van der Waals surface area contributed by atoms with Crippen LogP contribution in [0.3, 0.4) is 0 Å². The van der Waals surface area contributed by atoms with E-state index in [0.29, 0.717) is 10.0 Å². The number of benzene rings is 2. The maximum atomic E-state index is 5.82. The van der Waals surface area contributed by atoms with Crippen LogP contribution in [-0.4, -0.2) is 4.99 Å². The highest BCUT2D eigenvalue weighted by molar-refractivity contribution is 7.80. The highest BCUT2D eigenvalue weighted by Crippen LogP contribution is 2.26. The summed E-state index contributed by atoms with van der Waals surface area (Å²) in [4.78, 5) is 0.385. The monoisotopic (exact) mass is 277 g/mol. The lowest BCUT2D eigenvalue weighted by atomic mass is 10.1. The summed E-state index contributed by atoms with van der Waals surface area (Å²) in [5.74, 6) is 1.52. The van der Waals surface area contributed by atoms with E-state index >= 15 is 0 Å². The van der Waals surface area contributed by atoms with Crippen LogP contribution in [0.5, 0.6) is 11.5 Å². The number of thiocarbonyl (C=S) groups is 1. The van der Waals surface area contributed by atoms with Gasteiger partial charge in [-0.05, 0) is 55.0 Å². The van der Waals surface area contributed by atoms with Crippen LogP contribution in [-0.2, 0) is 0 Å². The molecule has 4 heteroatoms. The highest BCUT2D eigenvalue weighted by Gasteiger charge is 2.04. The summed E-state index contributed by atoms with van der Waals surface area (Å²) in [6, 6.07) is 12.8. The average molecular weight is 278 g/mol. The molecule has 2 N–H and O–H groups in total. The fourth-order valence-electron chi connectivity index (χ4n) is 1.55. The lowest BCUT2D eigenvalue weighted by Crippen LogP contribution is -2.09. The summed E-state index contributed by atoms with van der Waals surface area (Å²) < 4.78 is 5.76. The van der Waals surface area contributed by atoms with E-state index < -0.39 is 0 Å². The minimum atomic E-state index is 0.385. The zero-order valence-electron chi connectivity index (χ0n) is 9.81. The molecule has 0 heterocycles. The predicted molar refractivity (Wildman–Crippen MR) is 78.6 cm³/mol. The minimum Gasteiger partial charge on any atom is -0.457 e. The minimum absolute atomic E-state index is 0.385. The Hall–Kier alpha value is -1.58. The molecule has 92 valence electrons. The molecular formula is C14H12ClNOS. The average Bonchev–Trinajstić information content (AvgIpc) is 2.34. The molecule has 0 aromatic heterocycles. The predicted octanol–water partition coefficient (Wildman–Crippen LogP) is 4.07. The maximum Gasteiger partial charge on any atom is 0.130 e. The number of aryl methyl sites for hydroxylation is 1. The Morgan fingerprint density at radius 2 is 1.83 bits per heavy atom. The molecule has 0 aliphatic heterocycles. The van der Waals surface area contributed by atoms with Gasteiger partial charge in [-0.3, -0.25) is 0 Å². The van der Waals surface area contributed by atoms with Crippen LogP contribution in [0.2, 0.25) is 5.02 Å². The standard InChI is InChI=1S/C14H12ClNOS/c1-9-8-10(14(16)18)2-7-13(9)17-12-5-3-11(15)4-6-12/h2-8H,1H3,(H2,16,18). The molecule has 0 saturated heterocycles. The second-order valence-electron chi connectivity index (χ2n) is 3.90. The molecule has 18 heavy (non-hydrogen) atoms. The second kappa shape index (κ2) is 5.38. The van der Waals surface area contributed by atoms with Crippen molar-refractivity contribution in [2.75, 3.05) is 0 Å². The van der Waals surface area contributed by atoms with Crippen LogP contribution in [0.15, 0.2) is 42.5 Å². The lowest BCUT2D eigenvalue weighted by molar-refractivity contribution is 0.479. The molecule has 2 aromatic rings. The van der Waals surface area contributed by atoms with Gasteiger partial charge in [0.05, 0.1) is 0 Å². The van der Waals surface area contributed by atoms with Gasteiger partial charge in [0.25, 0.3) is 0 Å². The summed E-state index contributed by atoms with van der Waals surface area (Å²) in [5.41, 5.74) is 7.40. The van der Waals surface area contributed by atoms with Crippen LogP contribution in [0.4, 0.5) is 0 Å². The van der Waals surface area contributed by atoms with Crippen molar-refractivity contribution < 1.29 is 4.74 Å². The van der Waals surface area contributed by atoms with E-state index in [2.05, 4.69) is 0 Å². The fourth-order valence-corrected chi connectivity index (χ4v) is 1.80. The van der Waals surface area contributed by atoms with Gasteiger partial charge in [-0.1, -0.05) is 23.8 Å². The number of hydrogen-bond donors (Lipinski definition) is 1. The van der Waals surface area contributed by atoms with Crippen LogP contribution in [0.25, 0.3) is 0 Å². The second-order valence-corrected chi connectivity index (χ2v) is 4.78. The van der Waals surface area contributed by atoms with Crippen molar-refractivity contribution in [3.63, 3.8) is 0 Å². The lowest BCUT2D eigenvalue weighted by Gasteiger charge is -2.10. The van der Waals surface area contributed by atoms with Crippen LogP contribution in [0.1, 0.15) is 11.1 Å². The zero-order chi connectivity index (χ0) is 13.1. The van der Waals surface area contributed by atoms with Crippen molar-refractivity contribution in [1.29, 1.82) is 0 Å². The number of nitrogens with two attached hydrogens (primary N) is 1. The molecule has 0 amide bonds. The number of halogens is 1. The van der Waals surface area contributed by atoms with E-state index in [9.17, 15) is 0 Å². The first-order chi connectivity index (χ1) is 8.56. The third-order valence-electron chi connectivity index (χ3n) is 2.50. The van der Waals surface area contributed by atoms with Crippen molar-refractivity contribution >= 4 is 28.8 Å². The molecule has 0 spiro atoms. The van der Waals surface area contributed by atoms with Gasteiger partial charge >= 0.3 is 0 Å². The van der Waals surface area contributed by atoms with E-state index in [0.717, 1.165) is 22.6 Å². The SMILES string of the molecule is Cc1cc(C(N)=S)ccc1Oc1ccc(Cl)cc1. The van der Waals surface area contributed by atoms with Gasteiger partial charge in [-0.25, -0.2) is 0 Å². The van der Waals surface area contributed by atoms with E-state index in [1.165, 1.54) is 0 Å². The molecule has 0 aliphatic rings. The Balaban J connectivity index is 2.24. The first kappa shape index (κ1) is 12.9. The summed E-state index contributed by atoms with van der Waals surface area (Å²) in [6.07, 6.45) is 0. The summed E-state index contributed by atoms with van der Waals surface area (Å²) >= 11 is 10.7. The number of ether oxygens (including phenoxy) is 1. The summed E-state index contributed by atoms with van der Waals surface area (Å²) in [6.45, 7) is 1.95. The third-order valence-corrected chi connectivity index (χ3v) is 2.99. The van der Waals surface area contributed by atoms with Gasteiger partial charge in [-0.15, -0.1) is 0 Å². The molecule has 2 rings (SSSR count). The fraction of sp³-hybridized carbons (Fsp3) is 0.0714. The zero-order valence-corrected chi connectivity index (χ0v) is 11.4. The Kier molecular flexibility index (Phi) is 3.84. The third kappa shape index (κ3) is 3.00. The highest BCUT2D eigenvalue weighted by atomic mass is 35.5. The molecule has 0 radical (unpaired) electrons. The topological polar surface area (TPSA) is 35.2 Å². The summed E-state index contributed by atoms with van der Waals surface area (Å²) in [5, 5.41) is 0.683. The van der Waals surface area contributed by atoms with Crippen molar-refractivity contribution in [3.8, 4) is 11.5 Å². The first-order valence-electron chi connectivity index (χ1n) is 5.40. The Bertz CT molecular complexity index is 581. The number of hydrogen-bond acceptors (Lipinski definition) is 2. The van der Waals surface area contributed by atoms with Gasteiger partial charge < -0.3 is 10.5 Å². The maximum absolute atomic E-state index is 5.82. The largest absolute Gasteiger partial charge is 0.457 e. The molecule has 0 atom stereocenters. The van der Waals surface area contributed by atoms with Crippen molar-refractivity contribution in [1.82, 2.24) is 0 Å². The van der Waals surface area contributed by atoms with Gasteiger partial charge in [0, 0.05) is 10.6 Å². The molecule has 0 aliphatic carbocycles. The molecule has 0 fully saturated rings. The molecule has 0 bridgehead atoms. The first-order valence-corrected chi connectivity index (χ1v) is 6.19. The summed E-state index contributed by atoms with van der Waals surface area (Å²) in [7, 11) is 0. The smallest absolute Gasteiger partial charge is 0.130 e. The van der Waals surface area contributed by atoms with Gasteiger partial charge in [0.15, 0.2) is 0 Å². The van der Waals surface area contributed by atoms with Gasteiger partial charge in [0.1, 0.15) is 16.5 Å². The normalized spacial score (nSPS) is 10.1. The van der Waals surface area contributed by atoms with E-state index in [4.69, 9.17) is 34.3 Å². The molecule has 0 unspecified atom stereocenters. The van der Waals surface area contributed by atoms with Crippen LogP contribution < -0.4 is 10.5 Å². The van der Waals surface area contributed by atoms with Gasteiger partial charge in [-0.2, -0.15) is 0 Å². The Labute approximate surface area is 116 Å². The quantitative estimate of drug-likeness (QED) is 0.859. The van der Waals surface area contributed by atoms with Gasteiger partial charge in [0.2, 0.25) is 0 Å². The molecule has 2 aromatic carbocycles. The number of rotatable bonds is 3. The van der Waals surface area contributed by atoms with Crippen molar-refractivity contribution in [2.24, 2.45) is 5.73 Å². The van der Waals surface area contributed by atoms with E-state index in [1.54, 1.807) is 12.1 Å². The van der Waals surface area contributed by atoms with Crippen LogP contribution in [0, 0.1) is 6.92 Å². The molecule has 2 nitrogen and oxygen atoms in total. The Morgan fingerprint density at radius 1 is 1.17 bits per heavy atom. The molecule has 0 saturated carbocycles.